The normalized spacial score (nSPS) is 18.1. The predicted octanol–water partition coefficient (Wildman–Crippen LogP) is 2.28. The van der Waals surface area contributed by atoms with Crippen LogP contribution in [0.1, 0.15) is 31.9 Å². The fraction of sp³-hybridized carbons (Fsp3) is 0.625. The van der Waals surface area contributed by atoms with Crippen molar-refractivity contribution in [2.45, 2.75) is 26.4 Å². The van der Waals surface area contributed by atoms with Gasteiger partial charge in [-0.3, -0.25) is 4.90 Å². The summed E-state index contributed by atoms with van der Waals surface area (Å²) in [4.78, 5) is 4.86. The third-order valence-corrected chi connectivity index (χ3v) is 3.93. The number of hydrogen-bond acceptors (Lipinski definition) is 4. The molecular formula is C16H26N2O2. The van der Waals surface area contributed by atoms with Crippen molar-refractivity contribution in [3.63, 3.8) is 0 Å². The number of methoxy groups -OCH3 is 1. The summed E-state index contributed by atoms with van der Waals surface area (Å²) in [6.45, 7) is 9.39. The quantitative estimate of drug-likeness (QED) is 0.896. The Morgan fingerprint density at radius 1 is 1.25 bits per heavy atom. The number of piperazine rings is 1. The first kappa shape index (κ1) is 15.1. The summed E-state index contributed by atoms with van der Waals surface area (Å²) in [6, 6.07) is 6.00. The molecular weight excluding hydrogens is 252 g/mol. The van der Waals surface area contributed by atoms with Crippen LogP contribution >= 0.6 is 0 Å². The van der Waals surface area contributed by atoms with Gasteiger partial charge >= 0.3 is 0 Å². The molecule has 0 aliphatic carbocycles. The highest BCUT2D eigenvalue weighted by molar-refractivity contribution is 5.60. The Hall–Kier alpha value is -1.26. The highest BCUT2D eigenvalue weighted by atomic mass is 16.5. The molecule has 4 heteroatoms. The first-order valence-electron chi connectivity index (χ1n) is 7.49. The minimum Gasteiger partial charge on any atom is -0.496 e. The van der Waals surface area contributed by atoms with E-state index in [0.29, 0.717) is 0 Å². The van der Waals surface area contributed by atoms with Crippen LogP contribution in [0, 0.1) is 0 Å². The van der Waals surface area contributed by atoms with Gasteiger partial charge in [-0.05, 0) is 32.0 Å². The molecule has 0 spiro atoms. The summed E-state index contributed by atoms with van der Waals surface area (Å²) in [7, 11) is 1.66. The molecule has 1 fully saturated rings. The minimum atomic E-state index is -0.519. The molecule has 0 radical (unpaired) electrons. The molecule has 4 nitrogen and oxygen atoms in total. The molecule has 1 N–H and O–H groups in total. The molecule has 20 heavy (non-hydrogen) atoms. The van der Waals surface area contributed by atoms with E-state index in [2.05, 4.69) is 22.8 Å². The Kier molecular flexibility index (Phi) is 5.26. The molecule has 1 aliphatic heterocycles. The van der Waals surface area contributed by atoms with Crippen LogP contribution in [0.3, 0.4) is 0 Å². The van der Waals surface area contributed by atoms with Crippen LogP contribution in [0.2, 0.25) is 0 Å². The molecule has 0 aromatic heterocycles. The average molecular weight is 278 g/mol. The molecule has 1 aromatic rings. The Balaban J connectivity index is 2.17. The topological polar surface area (TPSA) is 35.9 Å². The predicted molar refractivity (Wildman–Crippen MR) is 82.6 cm³/mol. The van der Waals surface area contributed by atoms with Gasteiger partial charge in [-0.15, -0.1) is 0 Å². The van der Waals surface area contributed by atoms with Crippen molar-refractivity contribution in [2.24, 2.45) is 0 Å². The van der Waals surface area contributed by atoms with E-state index >= 15 is 0 Å². The molecule has 1 atom stereocenters. The third-order valence-electron chi connectivity index (χ3n) is 3.93. The molecule has 0 bridgehead atoms. The molecule has 112 valence electrons. The lowest BCUT2D eigenvalue weighted by Gasteiger charge is -2.37. The van der Waals surface area contributed by atoms with Gasteiger partial charge in [-0.25, -0.2) is 0 Å². The van der Waals surface area contributed by atoms with E-state index in [1.165, 1.54) is 13.0 Å². The number of hydrogen-bond donors (Lipinski definition) is 1. The maximum atomic E-state index is 10.1. The summed E-state index contributed by atoms with van der Waals surface area (Å²) < 4.78 is 5.40. The Bertz CT molecular complexity index is 426. The highest BCUT2D eigenvalue weighted by Crippen LogP contribution is 2.34. The van der Waals surface area contributed by atoms with Crippen LogP contribution < -0.4 is 9.64 Å². The van der Waals surface area contributed by atoms with Gasteiger partial charge < -0.3 is 14.7 Å². The van der Waals surface area contributed by atoms with Crippen molar-refractivity contribution >= 4 is 5.69 Å². The first-order valence-corrected chi connectivity index (χ1v) is 7.49. The number of anilines is 1. The molecule has 0 amide bonds. The minimum absolute atomic E-state index is 0.519. The van der Waals surface area contributed by atoms with Crippen molar-refractivity contribution in [3.8, 4) is 5.75 Å². The molecule has 1 aliphatic rings. The number of nitrogens with zero attached hydrogens (tertiary/aromatic N) is 2. The summed E-state index contributed by atoms with van der Waals surface area (Å²) in [5.41, 5.74) is 2.01. The number of rotatable bonds is 5. The van der Waals surface area contributed by atoms with Gasteiger partial charge in [-0.2, -0.15) is 0 Å². The molecule has 0 saturated carbocycles. The molecule has 2 rings (SSSR count). The Labute approximate surface area is 122 Å². The number of aliphatic hydroxyl groups excluding tert-OH is 1. The van der Waals surface area contributed by atoms with E-state index in [0.717, 1.165) is 43.2 Å². The van der Waals surface area contributed by atoms with E-state index < -0.39 is 6.10 Å². The van der Waals surface area contributed by atoms with E-state index in [9.17, 15) is 5.11 Å². The van der Waals surface area contributed by atoms with E-state index in [1.54, 1.807) is 14.0 Å². The number of benzene rings is 1. The van der Waals surface area contributed by atoms with Gasteiger partial charge in [0.25, 0.3) is 0 Å². The molecule has 1 heterocycles. The molecule has 1 saturated heterocycles. The van der Waals surface area contributed by atoms with Crippen molar-refractivity contribution in [3.05, 3.63) is 23.8 Å². The van der Waals surface area contributed by atoms with Crippen LogP contribution in [0.4, 0.5) is 5.69 Å². The summed E-state index contributed by atoms with van der Waals surface area (Å²) >= 11 is 0. The van der Waals surface area contributed by atoms with Crippen LogP contribution in [-0.4, -0.2) is 49.8 Å². The second-order valence-electron chi connectivity index (χ2n) is 5.40. The maximum absolute atomic E-state index is 10.1. The van der Waals surface area contributed by atoms with Crippen LogP contribution in [-0.2, 0) is 0 Å². The number of aliphatic hydroxyl groups is 1. The van der Waals surface area contributed by atoms with E-state index in [4.69, 9.17) is 4.74 Å². The largest absolute Gasteiger partial charge is 0.496 e. The van der Waals surface area contributed by atoms with Gasteiger partial charge in [0.15, 0.2) is 0 Å². The standard InChI is InChI=1S/C16H26N2O2/c1-4-8-17-9-11-18(12-10-17)14-6-5-7-15(20-3)16(14)13(2)19/h5-7,13,19H,4,8-12H2,1-3H3/t13-/m1/s1. The van der Waals surface area contributed by atoms with Gasteiger partial charge in [0.05, 0.1) is 13.2 Å². The van der Waals surface area contributed by atoms with E-state index in [-0.39, 0.29) is 0 Å². The fourth-order valence-electron chi connectivity index (χ4n) is 2.93. The SMILES string of the molecule is CCCN1CCN(c2cccc(OC)c2[C@@H](C)O)CC1. The molecule has 0 unspecified atom stereocenters. The summed E-state index contributed by atoms with van der Waals surface area (Å²) in [5.74, 6) is 0.772. The zero-order chi connectivity index (χ0) is 14.5. The lowest BCUT2D eigenvalue weighted by Crippen LogP contribution is -2.46. The average Bonchev–Trinajstić information content (AvgIpc) is 2.47. The fourth-order valence-corrected chi connectivity index (χ4v) is 2.93. The van der Waals surface area contributed by atoms with Crippen molar-refractivity contribution in [1.29, 1.82) is 0 Å². The van der Waals surface area contributed by atoms with Gasteiger partial charge in [0.1, 0.15) is 5.75 Å². The highest BCUT2D eigenvalue weighted by Gasteiger charge is 2.22. The van der Waals surface area contributed by atoms with Crippen LogP contribution in [0.25, 0.3) is 0 Å². The maximum Gasteiger partial charge on any atom is 0.126 e. The van der Waals surface area contributed by atoms with Crippen LogP contribution in [0.5, 0.6) is 5.75 Å². The van der Waals surface area contributed by atoms with Crippen LogP contribution in [0.15, 0.2) is 18.2 Å². The van der Waals surface area contributed by atoms with Gasteiger partial charge in [0.2, 0.25) is 0 Å². The number of ether oxygens (including phenoxy) is 1. The second kappa shape index (κ2) is 6.95. The molecule has 1 aromatic carbocycles. The van der Waals surface area contributed by atoms with Gasteiger partial charge in [-0.1, -0.05) is 13.0 Å². The first-order chi connectivity index (χ1) is 9.67. The smallest absolute Gasteiger partial charge is 0.126 e. The van der Waals surface area contributed by atoms with Crippen molar-refractivity contribution in [1.82, 2.24) is 4.90 Å². The van der Waals surface area contributed by atoms with Crippen molar-refractivity contribution < 1.29 is 9.84 Å². The second-order valence-corrected chi connectivity index (χ2v) is 5.40. The summed E-state index contributed by atoms with van der Waals surface area (Å²) in [6.07, 6.45) is 0.688. The lowest BCUT2D eigenvalue weighted by molar-refractivity contribution is 0.194. The third kappa shape index (κ3) is 3.25. The lowest BCUT2D eigenvalue weighted by atomic mass is 10.0. The van der Waals surface area contributed by atoms with Crippen molar-refractivity contribution in [2.75, 3.05) is 44.7 Å². The monoisotopic (exact) mass is 278 g/mol. The Morgan fingerprint density at radius 3 is 2.50 bits per heavy atom. The van der Waals surface area contributed by atoms with Gasteiger partial charge in [0, 0.05) is 37.4 Å². The zero-order valence-corrected chi connectivity index (χ0v) is 12.8. The van der Waals surface area contributed by atoms with E-state index in [1.807, 2.05) is 12.1 Å². The summed E-state index contributed by atoms with van der Waals surface area (Å²) in [5, 5.41) is 10.1. The Morgan fingerprint density at radius 2 is 1.95 bits per heavy atom. The zero-order valence-electron chi connectivity index (χ0n) is 12.8.